The van der Waals surface area contributed by atoms with Crippen molar-refractivity contribution in [3.8, 4) is 0 Å². The van der Waals surface area contributed by atoms with Crippen LogP contribution in [0.3, 0.4) is 0 Å². The zero-order valence-corrected chi connectivity index (χ0v) is 13.3. The van der Waals surface area contributed by atoms with E-state index in [4.69, 9.17) is 10.8 Å². The Kier molecular flexibility index (Phi) is 4.18. The second-order valence-corrected chi connectivity index (χ2v) is 7.02. The first kappa shape index (κ1) is 15.0. The summed E-state index contributed by atoms with van der Waals surface area (Å²) in [6, 6.07) is 1.94. The zero-order valence-electron chi connectivity index (χ0n) is 13.3. The molecule has 112 valence electrons. The first-order chi connectivity index (χ1) is 9.31. The van der Waals surface area contributed by atoms with Crippen LogP contribution in [-0.2, 0) is 5.41 Å². The topological polar surface area (TPSA) is 67.1 Å². The molecule has 1 aromatic rings. The molecule has 0 spiro atoms. The average Bonchev–Trinajstić information content (AvgIpc) is 2.40. The van der Waals surface area contributed by atoms with E-state index in [9.17, 15) is 0 Å². The Balaban J connectivity index is 2.31. The molecule has 0 aliphatic carbocycles. The third kappa shape index (κ3) is 3.20. The van der Waals surface area contributed by atoms with E-state index in [1.54, 1.807) is 0 Å². The summed E-state index contributed by atoms with van der Waals surface area (Å²) in [4.78, 5) is 11.6. The Labute approximate surface area is 121 Å². The van der Waals surface area contributed by atoms with Crippen molar-refractivity contribution < 1.29 is 0 Å². The van der Waals surface area contributed by atoms with Gasteiger partial charge in [-0.3, -0.25) is 0 Å². The largest absolute Gasteiger partial charge is 0.356 e. The van der Waals surface area contributed by atoms with Gasteiger partial charge in [0.05, 0.1) is 0 Å². The van der Waals surface area contributed by atoms with Gasteiger partial charge in [0.25, 0.3) is 0 Å². The first-order valence-corrected chi connectivity index (χ1v) is 7.42. The average molecular weight is 277 g/mol. The molecule has 20 heavy (non-hydrogen) atoms. The lowest BCUT2D eigenvalue weighted by atomic mass is 9.89. The third-order valence-corrected chi connectivity index (χ3v) is 4.19. The van der Waals surface area contributed by atoms with Gasteiger partial charge in [-0.15, -0.1) is 0 Å². The van der Waals surface area contributed by atoms with Crippen LogP contribution >= 0.6 is 0 Å². The van der Waals surface area contributed by atoms with Crippen LogP contribution < -0.4 is 16.2 Å². The minimum Gasteiger partial charge on any atom is -0.356 e. The second-order valence-electron chi connectivity index (χ2n) is 7.02. The Bertz CT molecular complexity index is 466. The number of aromatic nitrogens is 2. The fraction of sp³-hybridized carbons (Fsp3) is 0.733. The van der Waals surface area contributed by atoms with Crippen molar-refractivity contribution in [1.82, 2.24) is 9.97 Å². The number of anilines is 2. The molecule has 5 nitrogen and oxygen atoms in total. The van der Waals surface area contributed by atoms with Gasteiger partial charge in [0.2, 0.25) is 0 Å². The molecule has 1 fully saturated rings. The van der Waals surface area contributed by atoms with Crippen LogP contribution in [0.4, 0.5) is 11.6 Å². The normalized spacial score (nSPS) is 23.8. The van der Waals surface area contributed by atoms with E-state index in [0.717, 1.165) is 30.6 Å². The summed E-state index contributed by atoms with van der Waals surface area (Å²) in [6.07, 6.45) is 1.21. The van der Waals surface area contributed by atoms with Gasteiger partial charge in [-0.25, -0.2) is 15.8 Å². The molecule has 1 aromatic heterocycles. The second kappa shape index (κ2) is 5.56. The summed E-state index contributed by atoms with van der Waals surface area (Å²) in [6.45, 7) is 13.1. The molecule has 1 saturated heterocycles. The number of hydrogen-bond acceptors (Lipinski definition) is 5. The maximum Gasteiger partial charge on any atom is 0.145 e. The van der Waals surface area contributed by atoms with Crippen LogP contribution in [0.25, 0.3) is 0 Å². The molecule has 1 aliphatic heterocycles. The van der Waals surface area contributed by atoms with Gasteiger partial charge in [-0.1, -0.05) is 34.6 Å². The molecule has 2 unspecified atom stereocenters. The van der Waals surface area contributed by atoms with Crippen LogP contribution in [0.1, 0.15) is 46.9 Å². The molecule has 2 atom stereocenters. The fourth-order valence-electron chi connectivity index (χ4n) is 2.48. The summed E-state index contributed by atoms with van der Waals surface area (Å²) in [5, 5.41) is 0. The first-order valence-electron chi connectivity index (χ1n) is 7.42. The fourth-order valence-corrected chi connectivity index (χ4v) is 2.48. The van der Waals surface area contributed by atoms with Gasteiger partial charge in [0.1, 0.15) is 17.5 Å². The number of hydrogen-bond donors (Lipinski definition) is 2. The highest BCUT2D eigenvalue weighted by Gasteiger charge is 2.26. The van der Waals surface area contributed by atoms with Crippen molar-refractivity contribution in [2.24, 2.45) is 17.7 Å². The zero-order chi connectivity index (χ0) is 14.9. The maximum atomic E-state index is 5.55. The highest BCUT2D eigenvalue weighted by Crippen LogP contribution is 2.29. The Morgan fingerprint density at radius 1 is 1.25 bits per heavy atom. The highest BCUT2D eigenvalue weighted by molar-refractivity contribution is 5.49. The predicted molar refractivity (Wildman–Crippen MR) is 83.7 cm³/mol. The lowest BCUT2D eigenvalue weighted by Crippen LogP contribution is -2.39. The van der Waals surface area contributed by atoms with Crippen molar-refractivity contribution >= 4 is 11.6 Å². The van der Waals surface area contributed by atoms with Gasteiger partial charge in [-0.2, -0.15) is 0 Å². The standard InChI is InChI=1S/C15H27N5/c1-10-6-7-20(9-11(10)2)13-8-12(19-16)17-14(18-13)15(3,4)5/h8,10-11H,6-7,9,16H2,1-5H3,(H,17,18,19). The van der Waals surface area contributed by atoms with E-state index in [2.05, 4.69) is 49.9 Å². The van der Waals surface area contributed by atoms with Crippen LogP contribution in [0.2, 0.25) is 0 Å². The molecule has 0 bridgehead atoms. The van der Waals surface area contributed by atoms with Crippen LogP contribution in [0, 0.1) is 11.8 Å². The van der Waals surface area contributed by atoms with Gasteiger partial charge in [0, 0.05) is 24.6 Å². The molecule has 2 rings (SSSR count). The third-order valence-electron chi connectivity index (χ3n) is 4.19. The highest BCUT2D eigenvalue weighted by atomic mass is 15.3. The SMILES string of the molecule is CC1CCN(c2cc(NN)nc(C(C)(C)C)n2)CC1C. The van der Waals surface area contributed by atoms with Crippen molar-refractivity contribution in [1.29, 1.82) is 0 Å². The lowest BCUT2D eigenvalue weighted by Gasteiger charge is -2.36. The summed E-state index contributed by atoms with van der Waals surface area (Å²) in [7, 11) is 0. The van der Waals surface area contributed by atoms with Crippen molar-refractivity contribution in [2.45, 2.75) is 46.5 Å². The number of rotatable bonds is 2. The van der Waals surface area contributed by atoms with E-state index < -0.39 is 0 Å². The number of hydrazine groups is 1. The van der Waals surface area contributed by atoms with Crippen LogP contribution in [0.5, 0.6) is 0 Å². The summed E-state index contributed by atoms with van der Waals surface area (Å²) >= 11 is 0. The van der Waals surface area contributed by atoms with Crippen LogP contribution in [0.15, 0.2) is 6.07 Å². The van der Waals surface area contributed by atoms with Gasteiger partial charge in [-0.05, 0) is 18.3 Å². The molecule has 0 radical (unpaired) electrons. The van der Waals surface area contributed by atoms with Crippen LogP contribution in [-0.4, -0.2) is 23.1 Å². The summed E-state index contributed by atoms with van der Waals surface area (Å²) in [5.74, 6) is 9.51. The van der Waals surface area contributed by atoms with Gasteiger partial charge in [0.15, 0.2) is 0 Å². The molecular weight excluding hydrogens is 250 g/mol. The monoisotopic (exact) mass is 277 g/mol. The van der Waals surface area contributed by atoms with Gasteiger partial charge < -0.3 is 10.3 Å². The molecule has 1 aliphatic rings. The number of nitrogen functional groups attached to an aromatic ring is 1. The van der Waals surface area contributed by atoms with Gasteiger partial charge >= 0.3 is 0 Å². The molecule has 0 amide bonds. The smallest absolute Gasteiger partial charge is 0.145 e. The van der Waals surface area contributed by atoms with Crippen molar-refractivity contribution in [3.63, 3.8) is 0 Å². The maximum absolute atomic E-state index is 5.55. The molecule has 3 N–H and O–H groups in total. The molecule has 0 saturated carbocycles. The summed E-state index contributed by atoms with van der Waals surface area (Å²) in [5.41, 5.74) is 2.57. The molecule has 5 heteroatoms. The van der Waals surface area contributed by atoms with E-state index >= 15 is 0 Å². The quantitative estimate of drug-likeness (QED) is 0.642. The molecule has 0 aromatic carbocycles. The minimum atomic E-state index is -0.0870. The predicted octanol–water partition coefficient (Wildman–Crippen LogP) is 2.54. The number of nitrogens with two attached hydrogens (primary N) is 1. The number of nitrogens with zero attached hydrogens (tertiary/aromatic N) is 3. The minimum absolute atomic E-state index is 0.0870. The Hall–Kier alpha value is -1.36. The van der Waals surface area contributed by atoms with E-state index in [0.29, 0.717) is 11.7 Å². The number of nitrogens with one attached hydrogen (secondary N) is 1. The van der Waals surface area contributed by atoms with Crippen molar-refractivity contribution in [3.05, 3.63) is 11.9 Å². The number of piperidine rings is 1. The lowest BCUT2D eigenvalue weighted by molar-refractivity contribution is 0.322. The van der Waals surface area contributed by atoms with Crippen molar-refractivity contribution in [2.75, 3.05) is 23.4 Å². The van der Waals surface area contributed by atoms with E-state index in [-0.39, 0.29) is 5.41 Å². The summed E-state index contributed by atoms with van der Waals surface area (Å²) < 4.78 is 0. The van der Waals surface area contributed by atoms with E-state index in [1.807, 2.05) is 6.07 Å². The molecular formula is C15H27N5. The Morgan fingerprint density at radius 3 is 2.50 bits per heavy atom. The molecule has 2 heterocycles. The Morgan fingerprint density at radius 2 is 1.95 bits per heavy atom. The van der Waals surface area contributed by atoms with E-state index in [1.165, 1.54) is 6.42 Å².